The summed E-state index contributed by atoms with van der Waals surface area (Å²) in [4.78, 5) is 0. The van der Waals surface area contributed by atoms with E-state index in [1.807, 2.05) is 0 Å². The molecule has 0 saturated carbocycles. The van der Waals surface area contributed by atoms with Gasteiger partial charge in [0.25, 0.3) is 0 Å². The smallest absolute Gasteiger partial charge is 0.0442 e. The number of rotatable bonds is 4. The largest absolute Gasteiger partial charge is 0.396 e. The molecule has 0 aliphatic rings. The van der Waals surface area contributed by atoms with Gasteiger partial charge in [-0.15, -0.1) is 0 Å². The summed E-state index contributed by atoms with van der Waals surface area (Å²) >= 11 is 8.11. The Balaban J connectivity index is 2.72. The van der Waals surface area contributed by atoms with E-state index in [-0.39, 0.29) is 11.2 Å². The number of hydrogen-bond acceptors (Lipinski definition) is 3. The molecule has 0 radical (unpaired) electrons. The van der Waals surface area contributed by atoms with E-state index >= 15 is 0 Å². The Morgan fingerprint density at radius 3 is 2.25 bits per heavy atom. The average Bonchev–Trinajstić information content (AvgIpc) is 1.66. The zero-order valence-corrected chi connectivity index (χ0v) is 6.54. The Morgan fingerprint density at radius 2 is 1.88 bits per heavy atom. The molecule has 0 atom stereocenters. The monoisotopic (exact) mass is 152 g/mol. The Morgan fingerprint density at radius 1 is 1.25 bits per heavy atom. The summed E-state index contributed by atoms with van der Waals surface area (Å²) in [7, 11) is 0. The van der Waals surface area contributed by atoms with E-state index in [0.29, 0.717) is 0 Å². The molecule has 50 valence electrons. The van der Waals surface area contributed by atoms with E-state index < -0.39 is 0 Å². The molecule has 0 saturated heterocycles. The van der Waals surface area contributed by atoms with Crippen molar-refractivity contribution >= 4 is 25.3 Å². The van der Waals surface area contributed by atoms with E-state index in [2.05, 4.69) is 25.3 Å². The molecule has 1 N–H and O–H groups in total. The summed E-state index contributed by atoms with van der Waals surface area (Å²) in [5, 5.41) is 8.33. The van der Waals surface area contributed by atoms with Crippen LogP contribution in [0.4, 0.5) is 0 Å². The van der Waals surface area contributed by atoms with E-state index in [0.717, 1.165) is 19.3 Å². The summed E-state index contributed by atoms with van der Waals surface area (Å²) in [5.41, 5.74) is 0. The quantitative estimate of drug-likeness (QED) is 0.315. The summed E-state index contributed by atoms with van der Waals surface area (Å²) in [5.74, 6) is 0. The van der Waals surface area contributed by atoms with Gasteiger partial charge in [-0.05, 0) is 19.3 Å². The lowest BCUT2D eigenvalue weighted by Crippen LogP contribution is -1.88. The second-order valence-electron chi connectivity index (χ2n) is 1.70. The van der Waals surface area contributed by atoms with Gasteiger partial charge in [0.15, 0.2) is 0 Å². The molecule has 0 aromatic rings. The van der Waals surface area contributed by atoms with Gasteiger partial charge in [0.05, 0.1) is 0 Å². The van der Waals surface area contributed by atoms with Crippen molar-refractivity contribution in [2.75, 3.05) is 6.61 Å². The third-order valence-electron chi connectivity index (χ3n) is 0.870. The van der Waals surface area contributed by atoms with E-state index in [9.17, 15) is 0 Å². The zero-order chi connectivity index (χ0) is 6.41. The van der Waals surface area contributed by atoms with Crippen LogP contribution >= 0.6 is 25.3 Å². The second-order valence-corrected chi connectivity index (χ2v) is 3.35. The van der Waals surface area contributed by atoms with Crippen molar-refractivity contribution in [3.63, 3.8) is 0 Å². The summed E-state index contributed by atoms with van der Waals surface area (Å²) in [6.45, 7) is 0.286. The van der Waals surface area contributed by atoms with Crippen LogP contribution in [0.5, 0.6) is 0 Å². The van der Waals surface area contributed by atoms with E-state index in [1.54, 1.807) is 0 Å². The molecule has 0 rings (SSSR count). The lowest BCUT2D eigenvalue weighted by atomic mass is 10.3. The van der Waals surface area contributed by atoms with Crippen LogP contribution in [0, 0.1) is 0 Å². The maximum atomic E-state index is 8.33. The first-order valence-electron chi connectivity index (χ1n) is 2.74. The molecule has 0 aromatic carbocycles. The molecule has 0 fully saturated rings. The van der Waals surface area contributed by atoms with Crippen LogP contribution in [-0.4, -0.2) is 16.3 Å². The Hall–Kier alpha value is 0.660. The van der Waals surface area contributed by atoms with Crippen molar-refractivity contribution < 1.29 is 5.11 Å². The van der Waals surface area contributed by atoms with Crippen LogP contribution in [0.2, 0.25) is 0 Å². The minimum Gasteiger partial charge on any atom is -0.396 e. The normalized spacial score (nSPS) is 10.5. The SMILES string of the molecule is OCCCCC(S)S. The zero-order valence-electron chi connectivity index (χ0n) is 4.75. The summed E-state index contributed by atoms with van der Waals surface area (Å²) in [6, 6.07) is 0. The molecule has 0 aliphatic heterocycles. The molecule has 0 aliphatic carbocycles. The molecule has 0 aromatic heterocycles. The first-order chi connectivity index (χ1) is 3.77. The number of aliphatic hydroxyl groups excluding tert-OH is 1. The van der Waals surface area contributed by atoms with Crippen molar-refractivity contribution in [2.24, 2.45) is 0 Å². The van der Waals surface area contributed by atoms with Crippen LogP contribution < -0.4 is 0 Å². The number of unbranched alkanes of at least 4 members (excludes halogenated alkanes) is 1. The van der Waals surface area contributed by atoms with Gasteiger partial charge in [-0.3, -0.25) is 0 Å². The van der Waals surface area contributed by atoms with Gasteiger partial charge in [-0.25, -0.2) is 0 Å². The molecule has 0 unspecified atom stereocenters. The van der Waals surface area contributed by atoms with Crippen molar-refractivity contribution in [1.29, 1.82) is 0 Å². The van der Waals surface area contributed by atoms with Gasteiger partial charge in [-0.2, -0.15) is 25.3 Å². The van der Waals surface area contributed by atoms with Gasteiger partial charge >= 0.3 is 0 Å². The average molecular weight is 152 g/mol. The second kappa shape index (κ2) is 5.79. The fourth-order valence-corrected chi connectivity index (χ4v) is 0.804. The molecule has 0 heterocycles. The van der Waals surface area contributed by atoms with Crippen molar-refractivity contribution in [3.05, 3.63) is 0 Å². The maximum absolute atomic E-state index is 8.33. The van der Waals surface area contributed by atoms with Crippen LogP contribution in [0.15, 0.2) is 0 Å². The van der Waals surface area contributed by atoms with Crippen molar-refractivity contribution in [2.45, 2.75) is 23.8 Å². The third kappa shape index (κ3) is 6.66. The lowest BCUT2D eigenvalue weighted by molar-refractivity contribution is 0.284. The summed E-state index contributed by atoms with van der Waals surface area (Å²) in [6.07, 6.45) is 2.87. The maximum Gasteiger partial charge on any atom is 0.0442 e. The Labute approximate surface area is 61.3 Å². The number of thiol groups is 2. The predicted octanol–water partition coefficient (Wildman–Crippen LogP) is 1.33. The Kier molecular flexibility index (Phi) is 6.27. The van der Waals surface area contributed by atoms with Gasteiger partial charge in [0.1, 0.15) is 0 Å². The highest BCUT2D eigenvalue weighted by Crippen LogP contribution is 2.09. The first-order valence-corrected chi connectivity index (χ1v) is 3.77. The van der Waals surface area contributed by atoms with Crippen molar-refractivity contribution in [1.82, 2.24) is 0 Å². The van der Waals surface area contributed by atoms with Gasteiger partial charge in [0.2, 0.25) is 0 Å². The minimum atomic E-state index is 0.182. The van der Waals surface area contributed by atoms with Crippen LogP contribution in [0.3, 0.4) is 0 Å². The van der Waals surface area contributed by atoms with Crippen LogP contribution in [-0.2, 0) is 0 Å². The van der Waals surface area contributed by atoms with E-state index in [4.69, 9.17) is 5.11 Å². The lowest BCUT2D eigenvalue weighted by Gasteiger charge is -1.99. The first kappa shape index (κ1) is 8.66. The molecule has 0 spiro atoms. The topological polar surface area (TPSA) is 20.2 Å². The van der Waals surface area contributed by atoms with Gasteiger partial charge < -0.3 is 5.11 Å². The van der Waals surface area contributed by atoms with Crippen molar-refractivity contribution in [3.8, 4) is 0 Å². The molecule has 0 bridgehead atoms. The molecule has 0 amide bonds. The molecular weight excluding hydrogens is 140 g/mol. The Bertz CT molecular complexity index is 47.7. The molecule has 8 heavy (non-hydrogen) atoms. The highest BCUT2D eigenvalue weighted by atomic mass is 32.2. The number of aliphatic hydroxyl groups is 1. The van der Waals surface area contributed by atoms with E-state index in [1.165, 1.54) is 0 Å². The highest BCUT2D eigenvalue weighted by Gasteiger charge is 1.92. The highest BCUT2D eigenvalue weighted by molar-refractivity contribution is 7.99. The summed E-state index contributed by atoms with van der Waals surface area (Å²) < 4.78 is 0.182. The van der Waals surface area contributed by atoms with Crippen LogP contribution in [0.1, 0.15) is 19.3 Å². The fourth-order valence-electron chi connectivity index (χ4n) is 0.439. The predicted molar refractivity (Wildman–Crippen MR) is 42.7 cm³/mol. The van der Waals surface area contributed by atoms with Crippen LogP contribution in [0.25, 0.3) is 0 Å². The van der Waals surface area contributed by atoms with Gasteiger partial charge in [0, 0.05) is 11.2 Å². The number of hydrogen-bond donors (Lipinski definition) is 3. The molecule has 3 heteroatoms. The standard InChI is InChI=1S/C5H12OS2/c6-4-2-1-3-5(7)8/h5-8H,1-4H2. The fraction of sp³-hybridized carbons (Fsp3) is 1.00. The molecular formula is C5H12OS2. The molecule has 1 nitrogen and oxygen atoms in total. The minimum absolute atomic E-state index is 0.182. The third-order valence-corrected chi connectivity index (χ3v) is 1.39. The van der Waals surface area contributed by atoms with Gasteiger partial charge in [-0.1, -0.05) is 0 Å².